The van der Waals surface area contributed by atoms with E-state index in [0.717, 1.165) is 52.4 Å². The zero-order valence-corrected chi connectivity index (χ0v) is 11.8. The molecular formula is C15H22N2O3. The number of hydrogen-bond acceptors (Lipinski definition) is 4. The molecule has 0 bridgehead atoms. The van der Waals surface area contributed by atoms with Crippen molar-refractivity contribution >= 4 is 5.91 Å². The lowest BCUT2D eigenvalue weighted by Crippen LogP contribution is -2.36. The molecule has 0 spiro atoms. The first-order chi connectivity index (χ1) is 9.83. The van der Waals surface area contributed by atoms with Crippen LogP contribution in [0.15, 0.2) is 22.8 Å². The van der Waals surface area contributed by atoms with Gasteiger partial charge in [-0.2, -0.15) is 0 Å². The molecule has 0 aromatic carbocycles. The number of carbonyl (C=O) groups excluding carboxylic acids is 1. The fraction of sp³-hybridized carbons (Fsp3) is 0.667. The predicted octanol–water partition coefficient (Wildman–Crippen LogP) is 1.46. The van der Waals surface area contributed by atoms with Gasteiger partial charge in [0.1, 0.15) is 0 Å². The first-order valence-corrected chi connectivity index (χ1v) is 7.46. The minimum Gasteiger partial charge on any atom is -0.459 e. The molecule has 20 heavy (non-hydrogen) atoms. The number of rotatable bonds is 3. The first-order valence-electron chi connectivity index (χ1n) is 7.46. The largest absolute Gasteiger partial charge is 0.459 e. The van der Waals surface area contributed by atoms with Gasteiger partial charge < -0.3 is 19.0 Å². The van der Waals surface area contributed by atoms with Gasteiger partial charge in [0.05, 0.1) is 12.9 Å². The molecule has 5 nitrogen and oxygen atoms in total. The Balaban J connectivity index is 1.52. The highest BCUT2D eigenvalue weighted by molar-refractivity contribution is 5.91. The lowest BCUT2D eigenvalue weighted by molar-refractivity contribution is 0.0728. The van der Waals surface area contributed by atoms with E-state index >= 15 is 0 Å². The van der Waals surface area contributed by atoms with E-state index in [1.807, 2.05) is 4.90 Å². The summed E-state index contributed by atoms with van der Waals surface area (Å²) in [5.74, 6) is 1.13. The quantitative estimate of drug-likeness (QED) is 0.840. The average molecular weight is 278 g/mol. The summed E-state index contributed by atoms with van der Waals surface area (Å²) in [7, 11) is 0. The highest BCUT2D eigenvalue weighted by Crippen LogP contribution is 2.16. The summed E-state index contributed by atoms with van der Waals surface area (Å²) in [6, 6.07) is 3.50. The molecule has 0 saturated carbocycles. The van der Waals surface area contributed by atoms with E-state index in [0.29, 0.717) is 11.7 Å². The molecule has 2 aliphatic rings. The molecule has 0 radical (unpaired) electrons. The van der Waals surface area contributed by atoms with E-state index in [1.54, 1.807) is 18.4 Å². The number of amides is 1. The van der Waals surface area contributed by atoms with Crippen LogP contribution in [0.1, 0.15) is 23.4 Å². The molecule has 1 atom stereocenters. The maximum atomic E-state index is 12.3. The van der Waals surface area contributed by atoms with Crippen LogP contribution in [-0.2, 0) is 4.74 Å². The van der Waals surface area contributed by atoms with Crippen LogP contribution >= 0.6 is 0 Å². The standard InChI is InChI=1S/C15H22N2O3/c18-15(14-3-1-9-20-14)17-6-2-5-16(7-8-17)11-13-4-10-19-12-13/h1,3,9,13H,2,4-8,10-12H2. The number of hydrogen-bond donors (Lipinski definition) is 0. The summed E-state index contributed by atoms with van der Waals surface area (Å²) in [6.45, 7) is 6.52. The number of furan rings is 1. The van der Waals surface area contributed by atoms with Crippen molar-refractivity contribution in [1.82, 2.24) is 9.80 Å². The van der Waals surface area contributed by atoms with Crippen molar-refractivity contribution in [1.29, 1.82) is 0 Å². The highest BCUT2D eigenvalue weighted by Gasteiger charge is 2.24. The van der Waals surface area contributed by atoms with Gasteiger partial charge in [-0.1, -0.05) is 0 Å². The Morgan fingerprint density at radius 1 is 1.30 bits per heavy atom. The van der Waals surface area contributed by atoms with Crippen LogP contribution in [0.4, 0.5) is 0 Å². The molecule has 5 heteroatoms. The molecular weight excluding hydrogens is 256 g/mol. The molecule has 3 rings (SSSR count). The van der Waals surface area contributed by atoms with E-state index in [1.165, 1.54) is 6.42 Å². The van der Waals surface area contributed by atoms with Crippen LogP contribution in [0.5, 0.6) is 0 Å². The van der Waals surface area contributed by atoms with Gasteiger partial charge in [0.15, 0.2) is 5.76 Å². The van der Waals surface area contributed by atoms with Crippen molar-refractivity contribution in [3.8, 4) is 0 Å². The van der Waals surface area contributed by atoms with Crippen molar-refractivity contribution in [3.05, 3.63) is 24.2 Å². The number of carbonyl (C=O) groups is 1. The molecule has 2 fully saturated rings. The van der Waals surface area contributed by atoms with Gasteiger partial charge in [0.25, 0.3) is 5.91 Å². The normalized spacial score (nSPS) is 24.8. The smallest absolute Gasteiger partial charge is 0.289 e. The van der Waals surface area contributed by atoms with E-state index < -0.39 is 0 Å². The second-order valence-electron chi connectivity index (χ2n) is 5.65. The van der Waals surface area contributed by atoms with Crippen molar-refractivity contribution in [2.24, 2.45) is 5.92 Å². The summed E-state index contributed by atoms with van der Waals surface area (Å²) in [4.78, 5) is 16.6. The van der Waals surface area contributed by atoms with Gasteiger partial charge in [-0.15, -0.1) is 0 Å². The third-order valence-electron chi connectivity index (χ3n) is 4.15. The van der Waals surface area contributed by atoms with Crippen molar-refractivity contribution in [2.75, 3.05) is 45.9 Å². The van der Waals surface area contributed by atoms with Gasteiger partial charge in [-0.05, 0) is 37.4 Å². The van der Waals surface area contributed by atoms with E-state index in [9.17, 15) is 4.79 Å². The summed E-state index contributed by atoms with van der Waals surface area (Å²) in [5, 5.41) is 0. The molecule has 2 saturated heterocycles. The third-order valence-corrected chi connectivity index (χ3v) is 4.15. The van der Waals surface area contributed by atoms with E-state index in [4.69, 9.17) is 9.15 Å². The third kappa shape index (κ3) is 3.22. The fourth-order valence-electron chi connectivity index (χ4n) is 3.01. The molecule has 1 amide bonds. The Bertz CT molecular complexity index is 426. The summed E-state index contributed by atoms with van der Waals surface area (Å²) >= 11 is 0. The summed E-state index contributed by atoms with van der Waals surface area (Å²) < 4.78 is 10.6. The lowest BCUT2D eigenvalue weighted by Gasteiger charge is -2.23. The maximum absolute atomic E-state index is 12.3. The predicted molar refractivity (Wildman–Crippen MR) is 74.6 cm³/mol. The topological polar surface area (TPSA) is 45.9 Å². The molecule has 0 N–H and O–H groups in total. The van der Waals surface area contributed by atoms with E-state index in [-0.39, 0.29) is 5.91 Å². The van der Waals surface area contributed by atoms with Crippen molar-refractivity contribution in [3.63, 3.8) is 0 Å². The van der Waals surface area contributed by atoms with Crippen LogP contribution < -0.4 is 0 Å². The minimum atomic E-state index is 0.0149. The number of ether oxygens (including phenoxy) is 1. The van der Waals surface area contributed by atoms with Gasteiger partial charge in [-0.25, -0.2) is 0 Å². The molecule has 1 aromatic rings. The van der Waals surface area contributed by atoms with Crippen LogP contribution in [0.25, 0.3) is 0 Å². The number of nitrogens with zero attached hydrogens (tertiary/aromatic N) is 2. The van der Waals surface area contributed by atoms with Crippen molar-refractivity contribution < 1.29 is 13.9 Å². The maximum Gasteiger partial charge on any atom is 0.289 e. The SMILES string of the molecule is O=C(c1ccco1)N1CCCN(CC2CCOC2)CC1. The second kappa shape index (κ2) is 6.41. The highest BCUT2D eigenvalue weighted by atomic mass is 16.5. The van der Waals surface area contributed by atoms with Gasteiger partial charge in [0.2, 0.25) is 0 Å². The Labute approximate surface area is 119 Å². The van der Waals surface area contributed by atoms with Crippen LogP contribution in [0, 0.1) is 5.92 Å². The summed E-state index contributed by atoms with van der Waals surface area (Å²) in [5.41, 5.74) is 0. The van der Waals surface area contributed by atoms with E-state index in [2.05, 4.69) is 4.90 Å². The van der Waals surface area contributed by atoms with Gasteiger partial charge in [-0.3, -0.25) is 4.79 Å². The first kappa shape index (κ1) is 13.6. The monoisotopic (exact) mass is 278 g/mol. The lowest BCUT2D eigenvalue weighted by atomic mass is 10.1. The minimum absolute atomic E-state index is 0.0149. The molecule has 3 heterocycles. The average Bonchev–Trinajstić information content (AvgIpc) is 3.10. The van der Waals surface area contributed by atoms with Crippen LogP contribution in [0.3, 0.4) is 0 Å². The Hall–Kier alpha value is -1.33. The van der Waals surface area contributed by atoms with Gasteiger partial charge >= 0.3 is 0 Å². The fourth-order valence-corrected chi connectivity index (χ4v) is 3.01. The Morgan fingerprint density at radius 2 is 2.25 bits per heavy atom. The van der Waals surface area contributed by atoms with Gasteiger partial charge in [0, 0.05) is 32.8 Å². The molecule has 110 valence electrons. The Morgan fingerprint density at radius 3 is 3.00 bits per heavy atom. The zero-order chi connectivity index (χ0) is 13.8. The van der Waals surface area contributed by atoms with Crippen LogP contribution in [-0.4, -0.2) is 61.6 Å². The van der Waals surface area contributed by atoms with Crippen molar-refractivity contribution in [2.45, 2.75) is 12.8 Å². The zero-order valence-electron chi connectivity index (χ0n) is 11.8. The van der Waals surface area contributed by atoms with Crippen LogP contribution in [0.2, 0.25) is 0 Å². The Kier molecular flexibility index (Phi) is 4.38. The second-order valence-corrected chi connectivity index (χ2v) is 5.65. The molecule has 1 aromatic heterocycles. The summed E-state index contributed by atoms with van der Waals surface area (Å²) in [6.07, 6.45) is 3.75. The molecule has 2 aliphatic heterocycles. The molecule has 1 unspecified atom stereocenters. The molecule has 0 aliphatic carbocycles.